The van der Waals surface area contributed by atoms with Crippen LogP contribution in [0.1, 0.15) is 42.1 Å². The van der Waals surface area contributed by atoms with Gasteiger partial charge in [-0.1, -0.05) is 11.3 Å². The summed E-state index contributed by atoms with van der Waals surface area (Å²) in [6, 6.07) is 0. The molecule has 0 saturated carbocycles. The van der Waals surface area contributed by atoms with E-state index in [-0.39, 0.29) is 5.78 Å². The summed E-state index contributed by atoms with van der Waals surface area (Å²) in [6.07, 6.45) is 2.64. The Morgan fingerprint density at radius 3 is 2.67 bits per heavy atom. The lowest BCUT2D eigenvalue weighted by Crippen LogP contribution is -2.21. The molecule has 82 valence electrons. The number of hydrogen-bond acceptors (Lipinski definition) is 4. The number of nitrogens with zero attached hydrogens (tertiary/aromatic N) is 2. The number of aromatic nitrogens is 1. The quantitative estimate of drug-likeness (QED) is 0.791. The van der Waals surface area contributed by atoms with Gasteiger partial charge in [-0.2, -0.15) is 0 Å². The minimum Gasteiger partial charge on any atom is -0.349 e. The molecule has 1 heterocycles. The van der Waals surface area contributed by atoms with Crippen LogP contribution < -0.4 is 4.90 Å². The van der Waals surface area contributed by atoms with E-state index in [0.717, 1.165) is 41.6 Å². The summed E-state index contributed by atoms with van der Waals surface area (Å²) < 4.78 is 0. The van der Waals surface area contributed by atoms with Gasteiger partial charge in [0.25, 0.3) is 0 Å². The van der Waals surface area contributed by atoms with Crippen molar-refractivity contribution in [2.24, 2.45) is 0 Å². The molecule has 1 aromatic rings. The Morgan fingerprint density at radius 2 is 2.07 bits per heavy atom. The molecule has 3 nitrogen and oxygen atoms in total. The molecule has 1 aromatic heterocycles. The molecular formula is C11H16N2OS. The monoisotopic (exact) mass is 224 g/mol. The van der Waals surface area contributed by atoms with E-state index in [2.05, 4.69) is 23.7 Å². The van der Waals surface area contributed by atoms with E-state index in [1.54, 1.807) is 11.3 Å². The van der Waals surface area contributed by atoms with Crippen LogP contribution in [0, 0.1) is 0 Å². The first-order chi connectivity index (χ1) is 7.26. The van der Waals surface area contributed by atoms with Crippen LogP contribution in [-0.2, 0) is 6.42 Å². The first-order valence-corrected chi connectivity index (χ1v) is 6.35. The molecule has 4 heteroatoms. The molecule has 1 aliphatic carbocycles. The molecule has 2 rings (SSSR count). The van der Waals surface area contributed by atoms with Crippen LogP contribution in [0.25, 0.3) is 0 Å². The Labute approximate surface area is 94.1 Å². The van der Waals surface area contributed by atoms with Gasteiger partial charge in [0, 0.05) is 19.5 Å². The van der Waals surface area contributed by atoms with Crippen molar-refractivity contribution in [3.05, 3.63) is 10.6 Å². The number of aryl methyl sites for hydroxylation is 1. The lowest BCUT2D eigenvalue weighted by Gasteiger charge is -2.16. The topological polar surface area (TPSA) is 33.2 Å². The summed E-state index contributed by atoms with van der Waals surface area (Å²) in [5, 5.41) is 1.01. The van der Waals surface area contributed by atoms with E-state index in [0.29, 0.717) is 6.42 Å². The molecule has 0 amide bonds. The first-order valence-electron chi connectivity index (χ1n) is 5.54. The number of Topliss-reactive ketones (excluding diaryl/α,β-unsaturated/α-hetero) is 1. The van der Waals surface area contributed by atoms with Gasteiger partial charge in [-0.25, -0.2) is 4.98 Å². The summed E-state index contributed by atoms with van der Waals surface area (Å²) in [4.78, 5) is 19.3. The third-order valence-electron chi connectivity index (χ3n) is 2.79. The van der Waals surface area contributed by atoms with Crippen LogP contribution in [0.15, 0.2) is 0 Å². The minimum absolute atomic E-state index is 0.284. The molecule has 0 N–H and O–H groups in total. The zero-order chi connectivity index (χ0) is 10.8. The fraction of sp³-hybridized carbons (Fsp3) is 0.636. The molecule has 0 aromatic carbocycles. The van der Waals surface area contributed by atoms with Crippen LogP contribution in [0.2, 0.25) is 0 Å². The van der Waals surface area contributed by atoms with Gasteiger partial charge in [0.05, 0.1) is 10.6 Å². The second kappa shape index (κ2) is 4.31. The first kappa shape index (κ1) is 10.6. The van der Waals surface area contributed by atoms with E-state index in [4.69, 9.17) is 0 Å². The normalized spacial score (nSPS) is 15.2. The number of ketones is 1. The van der Waals surface area contributed by atoms with Gasteiger partial charge in [-0.05, 0) is 26.7 Å². The maximum absolute atomic E-state index is 11.6. The second-order valence-electron chi connectivity index (χ2n) is 3.72. The highest BCUT2D eigenvalue weighted by molar-refractivity contribution is 7.17. The van der Waals surface area contributed by atoms with Gasteiger partial charge in [0.1, 0.15) is 0 Å². The van der Waals surface area contributed by atoms with Crippen molar-refractivity contribution >= 4 is 22.3 Å². The Hall–Kier alpha value is -0.900. The summed E-state index contributed by atoms with van der Waals surface area (Å²) in [5.74, 6) is 0.284. The Bertz CT molecular complexity index is 369. The van der Waals surface area contributed by atoms with E-state index in [1.807, 2.05) is 0 Å². The fourth-order valence-electron chi connectivity index (χ4n) is 1.89. The highest BCUT2D eigenvalue weighted by Gasteiger charge is 2.23. The van der Waals surface area contributed by atoms with Crippen LogP contribution >= 0.6 is 11.3 Å². The van der Waals surface area contributed by atoms with Crippen molar-refractivity contribution < 1.29 is 4.79 Å². The summed E-state index contributed by atoms with van der Waals surface area (Å²) in [7, 11) is 0. The standard InChI is InChI=1S/C11H16N2OS/c1-3-13(4-2)11-12-8-6-5-7-9(14)10(8)15-11/h3-7H2,1-2H3. The van der Waals surface area contributed by atoms with Crippen molar-refractivity contribution in [1.29, 1.82) is 0 Å². The van der Waals surface area contributed by atoms with E-state index in [1.165, 1.54) is 0 Å². The van der Waals surface area contributed by atoms with Gasteiger partial charge < -0.3 is 4.90 Å². The average Bonchev–Trinajstić information content (AvgIpc) is 2.65. The molecular weight excluding hydrogens is 208 g/mol. The number of rotatable bonds is 3. The number of fused-ring (bicyclic) bond motifs is 1. The maximum atomic E-state index is 11.6. The third-order valence-corrected chi connectivity index (χ3v) is 3.99. The van der Waals surface area contributed by atoms with Gasteiger partial charge in [-0.3, -0.25) is 4.79 Å². The number of carbonyl (C=O) groups is 1. The van der Waals surface area contributed by atoms with Crippen molar-refractivity contribution in [3.63, 3.8) is 0 Å². The molecule has 0 spiro atoms. The van der Waals surface area contributed by atoms with Crippen LogP contribution in [0.5, 0.6) is 0 Å². The van der Waals surface area contributed by atoms with Crippen molar-refractivity contribution in [2.75, 3.05) is 18.0 Å². The lowest BCUT2D eigenvalue weighted by atomic mass is 10.0. The number of thiazole rings is 1. The van der Waals surface area contributed by atoms with Gasteiger partial charge in [-0.15, -0.1) is 0 Å². The molecule has 0 unspecified atom stereocenters. The lowest BCUT2D eigenvalue weighted by molar-refractivity contribution is 0.0976. The molecule has 15 heavy (non-hydrogen) atoms. The van der Waals surface area contributed by atoms with Crippen molar-refractivity contribution in [3.8, 4) is 0 Å². The predicted molar refractivity (Wildman–Crippen MR) is 62.9 cm³/mol. The molecule has 0 atom stereocenters. The highest BCUT2D eigenvalue weighted by Crippen LogP contribution is 2.31. The largest absolute Gasteiger partial charge is 0.349 e. The number of hydrogen-bond donors (Lipinski definition) is 0. The number of carbonyl (C=O) groups excluding carboxylic acids is 1. The zero-order valence-electron chi connectivity index (χ0n) is 9.25. The average molecular weight is 224 g/mol. The Kier molecular flexibility index (Phi) is 3.05. The number of anilines is 1. The van der Waals surface area contributed by atoms with Gasteiger partial charge in [0.2, 0.25) is 0 Å². The zero-order valence-corrected chi connectivity index (χ0v) is 10.1. The van der Waals surface area contributed by atoms with E-state index < -0.39 is 0 Å². The SMILES string of the molecule is CCN(CC)c1nc2c(s1)C(=O)CCC2. The Morgan fingerprint density at radius 1 is 1.33 bits per heavy atom. The summed E-state index contributed by atoms with van der Waals surface area (Å²) in [6.45, 7) is 6.14. The van der Waals surface area contributed by atoms with Gasteiger partial charge >= 0.3 is 0 Å². The molecule has 1 aliphatic rings. The van der Waals surface area contributed by atoms with Crippen LogP contribution in [0.3, 0.4) is 0 Å². The second-order valence-corrected chi connectivity index (χ2v) is 4.70. The van der Waals surface area contributed by atoms with E-state index in [9.17, 15) is 4.79 Å². The van der Waals surface area contributed by atoms with Crippen molar-refractivity contribution in [1.82, 2.24) is 4.98 Å². The molecule has 0 aliphatic heterocycles. The maximum Gasteiger partial charge on any atom is 0.186 e. The molecule has 0 radical (unpaired) electrons. The molecule has 0 bridgehead atoms. The summed E-state index contributed by atoms with van der Waals surface area (Å²) >= 11 is 1.57. The van der Waals surface area contributed by atoms with Gasteiger partial charge in [0.15, 0.2) is 10.9 Å². The van der Waals surface area contributed by atoms with Crippen LogP contribution in [-0.4, -0.2) is 23.9 Å². The molecule has 0 saturated heterocycles. The Balaban J connectivity index is 2.32. The smallest absolute Gasteiger partial charge is 0.186 e. The third kappa shape index (κ3) is 1.91. The van der Waals surface area contributed by atoms with Crippen molar-refractivity contribution in [2.45, 2.75) is 33.1 Å². The highest BCUT2D eigenvalue weighted by atomic mass is 32.1. The predicted octanol–water partition coefficient (Wildman–Crippen LogP) is 2.51. The minimum atomic E-state index is 0.284. The summed E-state index contributed by atoms with van der Waals surface area (Å²) in [5.41, 5.74) is 1.03. The van der Waals surface area contributed by atoms with Crippen LogP contribution in [0.4, 0.5) is 5.13 Å². The molecule has 0 fully saturated rings. The van der Waals surface area contributed by atoms with E-state index >= 15 is 0 Å². The fourth-order valence-corrected chi connectivity index (χ4v) is 3.09.